The number of hydrogen-bond acceptors (Lipinski definition) is 6. The molecule has 1 unspecified atom stereocenters. The average molecular weight is 321 g/mol. The first kappa shape index (κ1) is 15.7. The predicted octanol–water partition coefficient (Wildman–Crippen LogP) is 2.90. The van der Waals surface area contributed by atoms with Gasteiger partial charge in [0.2, 0.25) is 0 Å². The first-order chi connectivity index (χ1) is 11.1. The number of nitrogens with zero attached hydrogens (tertiary/aromatic N) is 3. The minimum Gasteiger partial charge on any atom is -0.378 e. The average Bonchev–Trinajstić information content (AvgIpc) is 3.09. The second-order valence-corrected chi connectivity index (χ2v) is 6.06. The van der Waals surface area contributed by atoms with Crippen LogP contribution in [0.5, 0.6) is 0 Å². The molecule has 0 N–H and O–H groups in total. The van der Waals surface area contributed by atoms with Gasteiger partial charge in [0.25, 0.3) is 11.4 Å². The van der Waals surface area contributed by atoms with E-state index in [1.165, 1.54) is 12.1 Å². The van der Waals surface area contributed by atoms with Crippen LogP contribution >= 0.6 is 0 Å². The van der Waals surface area contributed by atoms with Crippen molar-refractivity contribution < 1.29 is 14.6 Å². The van der Waals surface area contributed by atoms with E-state index >= 15 is 0 Å². The van der Waals surface area contributed by atoms with E-state index in [9.17, 15) is 20.2 Å². The van der Waals surface area contributed by atoms with Crippen LogP contribution < -0.4 is 4.90 Å². The fourth-order valence-corrected chi connectivity index (χ4v) is 3.53. The van der Waals surface area contributed by atoms with E-state index in [0.29, 0.717) is 30.8 Å². The van der Waals surface area contributed by atoms with Crippen molar-refractivity contribution in [2.75, 3.05) is 24.6 Å². The molecule has 0 spiro atoms. The van der Waals surface area contributed by atoms with Gasteiger partial charge < -0.3 is 9.64 Å². The highest BCUT2D eigenvalue weighted by atomic mass is 16.6. The maximum absolute atomic E-state index is 11.2. The van der Waals surface area contributed by atoms with Gasteiger partial charge in [0, 0.05) is 25.8 Å². The standard InChI is InChI=1S/C15H19N3O5/c19-17(20)12-3-4-13(14(10-12)18(21)22)16-7-5-11(6-8-16)15-2-1-9-23-15/h3-4,10-11,15H,1-2,5-9H2. The topological polar surface area (TPSA) is 98.8 Å². The van der Waals surface area contributed by atoms with Crippen LogP contribution in [0.2, 0.25) is 0 Å². The monoisotopic (exact) mass is 321 g/mol. The van der Waals surface area contributed by atoms with Crippen LogP contribution in [-0.4, -0.2) is 35.6 Å². The van der Waals surface area contributed by atoms with Crippen LogP contribution in [0.25, 0.3) is 0 Å². The molecule has 0 bridgehead atoms. The summed E-state index contributed by atoms with van der Waals surface area (Å²) in [5, 5.41) is 22.1. The van der Waals surface area contributed by atoms with Crippen LogP contribution in [0.1, 0.15) is 25.7 Å². The summed E-state index contributed by atoms with van der Waals surface area (Å²) in [5.74, 6) is 0.505. The highest BCUT2D eigenvalue weighted by Gasteiger charge is 2.32. The molecule has 1 aromatic carbocycles. The number of nitro benzene ring substituents is 2. The Balaban J connectivity index is 1.74. The van der Waals surface area contributed by atoms with E-state index in [-0.39, 0.29) is 11.4 Å². The zero-order valence-corrected chi connectivity index (χ0v) is 12.7. The van der Waals surface area contributed by atoms with Crippen LogP contribution in [-0.2, 0) is 4.74 Å². The number of piperidine rings is 1. The van der Waals surface area contributed by atoms with Crippen molar-refractivity contribution in [2.24, 2.45) is 5.92 Å². The zero-order valence-electron chi connectivity index (χ0n) is 12.7. The second-order valence-electron chi connectivity index (χ2n) is 6.06. The molecule has 1 atom stereocenters. The quantitative estimate of drug-likeness (QED) is 0.624. The SMILES string of the molecule is O=[N+]([O-])c1ccc(N2CCC(C3CCCO3)CC2)c([N+](=O)[O-])c1. The van der Waals surface area contributed by atoms with Crippen molar-refractivity contribution in [1.82, 2.24) is 0 Å². The van der Waals surface area contributed by atoms with Gasteiger partial charge in [0.1, 0.15) is 5.69 Å². The molecule has 0 aromatic heterocycles. The van der Waals surface area contributed by atoms with Crippen LogP contribution in [0, 0.1) is 26.1 Å². The Bertz CT molecular complexity index is 607. The lowest BCUT2D eigenvalue weighted by molar-refractivity contribution is -0.393. The fraction of sp³-hybridized carbons (Fsp3) is 0.600. The molecule has 124 valence electrons. The Labute approximate surface area is 133 Å². The molecule has 8 nitrogen and oxygen atoms in total. The number of benzene rings is 1. The third kappa shape index (κ3) is 3.26. The zero-order chi connectivity index (χ0) is 16.4. The molecule has 0 radical (unpaired) electrons. The molecular weight excluding hydrogens is 302 g/mol. The van der Waals surface area contributed by atoms with Crippen molar-refractivity contribution in [2.45, 2.75) is 31.8 Å². The van der Waals surface area contributed by atoms with E-state index in [4.69, 9.17) is 4.74 Å². The Kier molecular flexibility index (Phi) is 4.42. The fourth-order valence-electron chi connectivity index (χ4n) is 3.53. The molecule has 8 heteroatoms. The van der Waals surface area contributed by atoms with E-state index in [2.05, 4.69) is 0 Å². The summed E-state index contributed by atoms with van der Waals surface area (Å²) in [4.78, 5) is 22.9. The lowest BCUT2D eigenvalue weighted by Gasteiger charge is -2.35. The molecule has 2 fully saturated rings. The first-order valence-electron chi connectivity index (χ1n) is 7.85. The number of rotatable bonds is 4. The molecule has 3 rings (SSSR count). The molecule has 0 amide bonds. The smallest absolute Gasteiger partial charge is 0.299 e. The van der Waals surface area contributed by atoms with E-state index in [0.717, 1.165) is 38.4 Å². The van der Waals surface area contributed by atoms with Gasteiger partial charge in [-0.15, -0.1) is 0 Å². The second kappa shape index (κ2) is 6.49. The molecule has 23 heavy (non-hydrogen) atoms. The Hall–Kier alpha value is -2.22. The van der Waals surface area contributed by atoms with Gasteiger partial charge in [-0.1, -0.05) is 0 Å². The molecule has 0 aliphatic carbocycles. The number of nitro groups is 2. The highest BCUT2D eigenvalue weighted by molar-refractivity contribution is 5.67. The summed E-state index contributed by atoms with van der Waals surface area (Å²) in [5.41, 5.74) is 0.0100. The van der Waals surface area contributed by atoms with Gasteiger partial charge in [-0.05, 0) is 37.7 Å². The van der Waals surface area contributed by atoms with Gasteiger partial charge in [-0.25, -0.2) is 0 Å². The van der Waals surface area contributed by atoms with Crippen molar-refractivity contribution in [1.29, 1.82) is 0 Å². The summed E-state index contributed by atoms with van der Waals surface area (Å²) in [6.07, 6.45) is 4.39. The summed E-state index contributed by atoms with van der Waals surface area (Å²) in [6, 6.07) is 3.86. The normalized spacial score (nSPS) is 22.3. The number of anilines is 1. The molecular formula is C15H19N3O5. The number of hydrogen-bond donors (Lipinski definition) is 0. The summed E-state index contributed by atoms with van der Waals surface area (Å²) >= 11 is 0. The van der Waals surface area contributed by atoms with E-state index in [1.54, 1.807) is 0 Å². The van der Waals surface area contributed by atoms with Gasteiger partial charge >= 0.3 is 0 Å². The predicted molar refractivity (Wildman–Crippen MR) is 83.7 cm³/mol. The van der Waals surface area contributed by atoms with Crippen molar-refractivity contribution in [3.05, 3.63) is 38.4 Å². The minimum atomic E-state index is -0.611. The van der Waals surface area contributed by atoms with Gasteiger partial charge in [0.15, 0.2) is 0 Å². The molecule has 0 saturated carbocycles. The van der Waals surface area contributed by atoms with Crippen molar-refractivity contribution in [3.8, 4) is 0 Å². The number of non-ortho nitro benzene ring substituents is 1. The molecule has 2 aliphatic rings. The molecule has 2 saturated heterocycles. The van der Waals surface area contributed by atoms with Crippen molar-refractivity contribution in [3.63, 3.8) is 0 Å². The third-order valence-electron chi connectivity index (χ3n) is 4.74. The maximum atomic E-state index is 11.2. The van der Waals surface area contributed by atoms with E-state index < -0.39 is 9.85 Å². The van der Waals surface area contributed by atoms with Crippen LogP contribution in [0.15, 0.2) is 18.2 Å². The largest absolute Gasteiger partial charge is 0.378 e. The van der Waals surface area contributed by atoms with Crippen LogP contribution in [0.3, 0.4) is 0 Å². The lowest BCUT2D eigenvalue weighted by atomic mass is 9.89. The minimum absolute atomic E-state index is 0.199. The Morgan fingerprint density at radius 1 is 1.09 bits per heavy atom. The maximum Gasteiger partial charge on any atom is 0.299 e. The Morgan fingerprint density at radius 3 is 2.39 bits per heavy atom. The number of ether oxygens (including phenoxy) is 1. The molecule has 2 heterocycles. The summed E-state index contributed by atoms with van der Waals surface area (Å²) in [7, 11) is 0. The Morgan fingerprint density at radius 2 is 1.83 bits per heavy atom. The van der Waals surface area contributed by atoms with E-state index in [1.807, 2.05) is 4.90 Å². The summed E-state index contributed by atoms with van der Waals surface area (Å²) < 4.78 is 5.74. The summed E-state index contributed by atoms with van der Waals surface area (Å²) in [6.45, 7) is 2.26. The molecule has 1 aromatic rings. The van der Waals surface area contributed by atoms with Gasteiger partial charge in [0.05, 0.1) is 22.0 Å². The third-order valence-corrected chi connectivity index (χ3v) is 4.74. The van der Waals surface area contributed by atoms with Crippen LogP contribution in [0.4, 0.5) is 17.1 Å². The van der Waals surface area contributed by atoms with Crippen molar-refractivity contribution >= 4 is 17.1 Å². The lowest BCUT2D eigenvalue weighted by Crippen LogP contribution is -2.37. The first-order valence-corrected chi connectivity index (χ1v) is 7.85. The van der Waals surface area contributed by atoms with Gasteiger partial charge in [-0.3, -0.25) is 20.2 Å². The van der Waals surface area contributed by atoms with Gasteiger partial charge in [-0.2, -0.15) is 0 Å². The highest BCUT2D eigenvalue weighted by Crippen LogP contribution is 2.36. The molecule has 2 aliphatic heterocycles.